The topological polar surface area (TPSA) is 69.7 Å². The van der Waals surface area contributed by atoms with Gasteiger partial charge in [0, 0.05) is 11.6 Å². The van der Waals surface area contributed by atoms with Crippen LogP contribution in [0.5, 0.6) is 5.75 Å². The van der Waals surface area contributed by atoms with E-state index in [1.807, 2.05) is 12.2 Å². The van der Waals surface area contributed by atoms with Crippen LogP contribution in [0.2, 0.25) is 0 Å². The van der Waals surface area contributed by atoms with Gasteiger partial charge in [-0.2, -0.15) is 4.39 Å². The van der Waals surface area contributed by atoms with Crippen molar-refractivity contribution in [2.24, 2.45) is 0 Å². The molecule has 0 N–H and O–H groups in total. The fourth-order valence-corrected chi connectivity index (χ4v) is 3.79. The number of unbranched alkanes of at least 4 members (excludes halogenated alkanes) is 1. The van der Waals surface area contributed by atoms with Crippen molar-refractivity contribution in [3.8, 4) is 5.75 Å². The number of fused-ring (bicyclic) bond motifs is 6. The normalized spacial score (nSPS) is 15.8. The molecule has 1 aromatic carbocycles. The minimum absolute atomic E-state index is 0.0234. The number of hydrogen-bond acceptors (Lipinski definition) is 5. The molecular weight excluding hydrogens is 363 g/mol. The van der Waals surface area contributed by atoms with Gasteiger partial charge in [0.2, 0.25) is 5.82 Å². The monoisotopic (exact) mass is 384 g/mol. The fourth-order valence-electron chi connectivity index (χ4n) is 3.79. The molecule has 0 amide bonds. The molecule has 3 heterocycles. The van der Waals surface area contributed by atoms with Crippen molar-refractivity contribution in [2.75, 3.05) is 0 Å². The van der Waals surface area contributed by atoms with Crippen LogP contribution >= 0.6 is 0 Å². The van der Waals surface area contributed by atoms with Gasteiger partial charge in [0.1, 0.15) is 23.0 Å². The van der Waals surface area contributed by atoms with Gasteiger partial charge in [-0.05, 0) is 38.3 Å². The first-order chi connectivity index (χ1) is 13.5. The van der Waals surface area contributed by atoms with Crippen LogP contribution in [0.3, 0.4) is 0 Å². The van der Waals surface area contributed by atoms with Crippen molar-refractivity contribution in [1.29, 1.82) is 0 Å². The molecule has 0 bridgehead atoms. The van der Waals surface area contributed by atoms with Crippen LogP contribution in [-0.4, -0.2) is 6.10 Å². The largest absolute Gasteiger partial charge is 0.485 e. The standard InChI is InChI=1S/C22H21FO5/c1-4-6-7-12-8-9-14-19(27-12)16-13(5-2)18(23)22(25)28-21(16)17-15(24)10-11(3)26-20(14)17/h8-10,12H,4-7H2,1-3H3. The highest BCUT2D eigenvalue weighted by molar-refractivity contribution is 6.10. The second-order valence-corrected chi connectivity index (χ2v) is 7.07. The highest BCUT2D eigenvalue weighted by atomic mass is 19.1. The summed E-state index contributed by atoms with van der Waals surface area (Å²) >= 11 is 0. The third-order valence-corrected chi connectivity index (χ3v) is 5.12. The lowest BCUT2D eigenvalue weighted by atomic mass is 9.96. The van der Waals surface area contributed by atoms with Crippen LogP contribution in [-0.2, 0) is 6.42 Å². The zero-order valence-electron chi connectivity index (χ0n) is 16.1. The molecule has 0 saturated carbocycles. The number of halogens is 1. The molecule has 2 aromatic heterocycles. The molecular formula is C22H21FO5. The maximum atomic E-state index is 14.6. The van der Waals surface area contributed by atoms with E-state index in [1.54, 1.807) is 13.8 Å². The number of benzene rings is 1. The molecule has 5 nitrogen and oxygen atoms in total. The third-order valence-electron chi connectivity index (χ3n) is 5.12. The van der Waals surface area contributed by atoms with Crippen LogP contribution in [0.1, 0.15) is 50.0 Å². The SMILES string of the molecule is CCCCC1C=Cc2c(c3c(CC)c(F)c(=O)oc3c3c(=O)cc(C)oc23)O1. The maximum Gasteiger partial charge on any atom is 0.372 e. The Morgan fingerprint density at radius 1 is 1.11 bits per heavy atom. The molecule has 0 aliphatic carbocycles. The predicted molar refractivity (Wildman–Crippen MR) is 106 cm³/mol. The molecule has 28 heavy (non-hydrogen) atoms. The molecule has 0 radical (unpaired) electrons. The molecule has 0 fully saturated rings. The van der Waals surface area contributed by atoms with E-state index >= 15 is 0 Å². The van der Waals surface area contributed by atoms with Gasteiger partial charge in [0.15, 0.2) is 16.6 Å². The van der Waals surface area contributed by atoms with E-state index in [4.69, 9.17) is 13.6 Å². The molecule has 1 aliphatic rings. The van der Waals surface area contributed by atoms with Crippen LogP contribution < -0.4 is 15.8 Å². The molecule has 6 heteroatoms. The van der Waals surface area contributed by atoms with Crippen molar-refractivity contribution in [2.45, 2.75) is 52.6 Å². The van der Waals surface area contributed by atoms with E-state index < -0.39 is 11.4 Å². The van der Waals surface area contributed by atoms with E-state index in [0.29, 0.717) is 22.5 Å². The van der Waals surface area contributed by atoms with E-state index in [9.17, 15) is 14.0 Å². The Kier molecular flexibility index (Phi) is 4.57. The number of ether oxygens (including phenoxy) is 1. The van der Waals surface area contributed by atoms with E-state index in [0.717, 1.165) is 19.3 Å². The highest BCUT2D eigenvalue weighted by Gasteiger charge is 2.28. The number of rotatable bonds is 4. The minimum Gasteiger partial charge on any atom is -0.485 e. The van der Waals surface area contributed by atoms with Crippen molar-refractivity contribution < 1.29 is 18.0 Å². The second-order valence-electron chi connectivity index (χ2n) is 7.07. The maximum absolute atomic E-state index is 14.6. The fraction of sp³-hybridized carbons (Fsp3) is 0.364. The molecule has 4 rings (SSSR count). The van der Waals surface area contributed by atoms with Crippen molar-refractivity contribution >= 4 is 28.0 Å². The average molecular weight is 384 g/mol. The smallest absolute Gasteiger partial charge is 0.372 e. The van der Waals surface area contributed by atoms with Gasteiger partial charge >= 0.3 is 5.63 Å². The molecule has 1 unspecified atom stereocenters. The predicted octanol–water partition coefficient (Wildman–Crippen LogP) is 4.87. The van der Waals surface area contributed by atoms with Crippen molar-refractivity contribution in [1.82, 2.24) is 0 Å². The van der Waals surface area contributed by atoms with Gasteiger partial charge < -0.3 is 13.6 Å². The van der Waals surface area contributed by atoms with Crippen LogP contribution in [0.15, 0.2) is 30.6 Å². The molecule has 1 atom stereocenters. The molecule has 3 aromatic rings. The number of aryl methyl sites for hydroxylation is 2. The summed E-state index contributed by atoms with van der Waals surface area (Å²) < 4.78 is 31.9. The Morgan fingerprint density at radius 2 is 1.89 bits per heavy atom. The molecule has 0 saturated heterocycles. The Morgan fingerprint density at radius 3 is 2.61 bits per heavy atom. The lowest BCUT2D eigenvalue weighted by Gasteiger charge is -2.24. The summed E-state index contributed by atoms with van der Waals surface area (Å²) in [5.41, 5.74) is -0.373. The summed E-state index contributed by atoms with van der Waals surface area (Å²) in [6, 6.07) is 1.33. The quantitative estimate of drug-likeness (QED) is 0.474. The first kappa shape index (κ1) is 18.5. The Labute approximate surface area is 160 Å². The van der Waals surface area contributed by atoms with Crippen LogP contribution in [0.25, 0.3) is 28.0 Å². The summed E-state index contributed by atoms with van der Waals surface area (Å²) in [6.07, 6.45) is 6.67. The van der Waals surface area contributed by atoms with Gasteiger partial charge in [-0.25, -0.2) is 4.79 Å². The molecule has 0 spiro atoms. The Hall–Kier alpha value is -2.89. The van der Waals surface area contributed by atoms with E-state index in [1.165, 1.54) is 6.07 Å². The first-order valence-electron chi connectivity index (χ1n) is 9.56. The van der Waals surface area contributed by atoms with Crippen LogP contribution in [0, 0.1) is 12.7 Å². The summed E-state index contributed by atoms with van der Waals surface area (Å²) in [5.74, 6) is -0.114. The van der Waals surface area contributed by atoms with Gasteiger partial charge in [-0.1, -0.05) is 20.3 Å². The second kappa shape index (κ2) is 6.93. The Balaban J connectivity index is 2.18. The zero-order valence-corrected chi connectivity index (χ0v) is 16.1. The average Bonchev–Trinajstić information content (AvgIpc) is 2.67. The minimum atomic E-state index is -1.10. The lowest BCUT2D eigenvalue weighted by Crippen LogP contribution is -2.19. The molecule has 146 valence electrons. The van der Waals surface area contributed by atoms with Crippen molar-refractivity contribution in [3.05, 3.63) is 55.5 Å². The number of hydrogen-bond donors (Lipinski definition) is 0. The van der Waals surface area contributed by atoms with E-state index in [-0.39, 0.29) is 40.1 Å². The molecule has 1 aliphatic heterocycles. The van der Waals surface area contributed by atoms with Gasteiger partial charge in [-0.15, -0.1) is 0 Å². The lowest BCUT2D eigenvalue weighted by molar-refractivity contribution is 0.234. The summed E-state index contributed by atoms with van der Waals surface area (Å²) in [5, 5.41) is 0.468. The highest BCUT2D eigenvalue weighted by Crippen LogP contribution is 2.42. The summed E-state index contributed by atoms with van der Waals surface area (Å²) in [7, 11) is 0. The zero-order chi connectivity index (χ0) is 20.0. The summed E-state index contributed by atoms with van der Waals surface area (Å²) in [6.45, 7) is 5.52. The van der Waals surface area contributed by atoms with E-state index in [2.05, 4.69) is 6.92 Å². The third kappa shape index (κ3) is 2.75. The van der Waals surface area contributed by atoms with Gasteiger partial charge in [0.05, 0.1) is 10.9 Å². The van der Waals surface area contributed by atoms with Gasteiger partial charge in [-0.3, -0.25) is 4.79 Å². The first-order valence-corrected chi connectivity index (χ1v) is 9.56. The van der Waals surface area contributed by atoms with Gasteiger partial charge in [0.25, 0.3) is 0 Å². The van der Waals surface area contributed by atoms with Crippen molar-refractivity contribution in [3.63, 3.8) is 0 Å². The Bertz CT molecular complexity index is 1230. The van der Waals surface area contributed by atoms with Crippen LogP contribution in [0.4, 0.5) is 4.39 Å². The summed E-state index contributed by atoms with van der Waals surface area (Å²) in [4.78, 5) is 24.8.